The Morgan fingerprint density at radius 3 is 1.34 bits per heavy atom. The maximum atomic E-state index is 6.62. The first-order valence-corrected chi connectivity index (χ1v) is 20.8. The molecule has 4 heterocycles. The van der Waals surface area contributed by atoms with Gasteiger partial charge in [-0.25, -0.2) is 0 Å². The average molecular weight is 986 g/mol. The van der Waals surface area contributed by atoms with Crippen molar-refractivity contribution >= 4 is 23.4 Å². The first-order chi connectivity index (χ1) is 28.5. The molecule has 0 fully saturated rings. The van der Waals surface area contributed by atoms with Crippen LogP contribution >= 0.6 is 0 Å². The summed E-state index contributed by atoms with van der Waals surface area (Å²) in [6.45, 7) is 17.3. The van der Waals surface area contributed by atoms with Gasteiger partial charge >= 0.3 is 40.8 Å². The van der Waals surface area contributed by atoms with E-state index in [4.69, 9.17) is 29.4 Å². The van der Waals surface area contributed by atoms with Crippen LogP contribution in [0, 0.1) is 36.1 Å². The van der Waals surface area contributed by atoms with E-state index < -0.39 is 0 Å². The molecule has 0 aliphatic carbocycles. The fraction of sp³-hybridized carbons (Fsp3) is 0.269. The van der Waals surface area contributed by atoms with Crippen molar-refractivity contribution in [2.45, 2.75) is 80.1 Å². The molecule has 6 nitrogen and oxygen atoms in total. The minimum absolute atomic E-state index is 0. The minimum atomic E-state index is -0.336. The Hall–Kier alpha value is -4.75. The monoisotopic (exact) mass is 984 g/mol. The van der Waals surface area contributed by atoms with Crippen molar-refractivity contribution in [3.63, 3.8) is 0 Å². The molecular formula is C52H49BN4O2Pd2. The van der Waals surface area contributed by atoms with Crippen LogP contribution in [-0.2, 0) is 53.7 Å². The van der Waals surface area contributed by atoms with Crippen LogP contribution in [-0.4, -0.2) is 26.6 Å². The number of hydrogen-bond donors (Lipinski definition) is 0. The Labute approximate surface area is 389 Å². The molecule has 7 aromatic rings. The molecule has 0 saturated heterocycles. The summed E-state index contributed by atoms with van der Waals surface area (Å²) in [5, 5.41) is 0. The molecule has 0 N–H and O–H groups in total. The van der Waals surface area contributed by atoms with Gasteiger partial charge in [-0.05, 0) is 66.1 Å². The van der Waals surface area contributed by atoms with Crippen molar-refractivity contribution in [1.29, 1.82) is 0 Å². The van der Waals surface area contributed by atoms with E-state index in [1.54, 1.807) is 12.4 Å². The Morgan fingerprint density at radius 2 is 0.934 bits per heavy atom. The molecule has 312 valence electrons. The summed E-state index contributed by atoms with van der Waals surface area (Å²) in [7, 11) is 0. The smallest absolute Gasteiger partial charge is 0.503 e. The standard InChI is InChI=1S/C52H49BN4O2.2Pd/c1-32(2)20-36-14-18-54-50(22-36)40-24-38(34(5)6)26-44(28-40)58-42-10-12-46-47-13-11-43(31-49(47)53(48(46)30-42)52-56-16-9-17-57-52)59-45-27-39(35(7)8)25-41(29-45)51-23-37(15-19-55-51)21-33(3)4;;/h9-19,22-27,32-35H,20-21H2,1-8H3;;/q-4;2*+2. The number of nitrogens with zero attached hydrogens (tertiary/aromatic N) is 4. The first-order valence-electron chi connectivity index (χ1n) is 20.8. The predicted octanol–water partition coefficient (Wildman–Crippen LogP) is 10.5. The molecule has 0 spiro atoms. The molecule has 0 bridgehead atoms. The van der Waals surface area contributed by atoms with Gasteiger partial charge in [0.2, 0.25) is 6.71 Å². The molecule has 1 aliphatic heterocycles. The van der Waals surface area contributed by atoms with Crippen molar-refractivity contribution < 1.29 is 50.3 Å². The Balaban J connectivity index is 0.00000311. The second-order valence-corrected chi connectivity index (χ2v) is 17.0. The van der Waals surface area contributed by atoms with Crippen molar-refractivity contribution in [2.75, 3.05) is 0 Å². The predicted molar refractivity (Wildman–Crippen MR) is 239 cm³/mol. The second-order valence-electron chi connectivity index (χ2n) is 17.0. The summed E-state index contributed by atoms with van der Waals surface area (Å²) >= 11 is 0. The van der Waals surface area contributed by atoms with Crippen molar-refractivity contribution in [1.82, 2.24) is 19.9 Å². The first kappa shape index (κ1) is 45.8. The van der Waals surface area contributed by atoms with Gasteiger partial charge in [-0.3, -0.25) is 9.97 Å². The van der Waals surface area contributed by atoms with Gasteiger partial charge in [-0.2, -0.15) is 34.2 Å². The van der Waals surface area contributed by atoms with E-state index in [0.29, 0.717) is 40.6 Å². The zero-order valence-electron chi connectivity index (χ0n) is 35.9. The second kappa shape index (κ2) is 20.0. The van der Waals surface area contributed by atoms with Gasteiger partial charge in [0.15, 0.2) is 0 Å². The summed E-state index contributed by atoms with van der Waals surface area (Å²) in [6.07, 6.45) is 9.30. The van der Waals surface area contributed by atoms with E-state index in [0.717, 1.165) is 68.5 Å². The number of benzene rings is 4. The molecule has 8 rings (SSSR count). The van der Waals surface area contributed by atoms with Crippen LogP contribution < -0.4 is 26.1 Å². The third-order valence-electron chi connectivity index (χ3n) is 10.6. The number of aromatic nitrogens is 4. The number of fused-ring (bicyclic) bond motifs is 3. The summed E-state index contributed by atoms with van der Waals surface area (Å²) in [6, 6.07) is 41.2. The van der Waals surface area contributed by atoms with Crippen LogP contribution in [0.4, 0.5) is 0 Å². The SMILES string of the molecule is CC(C)Cc1ccnc(-c2[c-]c(Oc3[c-]c4c(cc3)-c3ccc(Oc5[c-]c(-c6cc(CC(C)C)ccn6)cc(C(C)C)c5)[c-]c3B4c3ncccn3)cc(C(C)C)c2)c1.[Pd+2].[Pd+2]. The van der Waals surface area contributed by atoms with E-state index in [1.165, 1.54) is 11.1 Å². The van der Waals surface area contributed by atoms with Crippen LogP contribution in [0.3, 0.4) is 0 Å². The Morgan fingerprint density at radius 1 is 0.492 bits per heavy atom. The zero-order valence-corrected chi connectivity index (χ0v) is 39.0. The number of pyridine rings is 2. The van der Waals surface area contributed by atoms with Crippen LogP contribution in [0.1, 0.15) is 89.5 Å². The van der Waals surface area contributed by atoms with Crippen molar-refractivity contribution in [2.24, 2.45) is 11.8 Å². The molecule has 0 radical (unpaired) electrons. The van der Waals surface area contributed by atoms with Gasteiger partial charge in [0, 0.05) is 47.8 Å². The molecule has 3 aromatic heterocycles. The molecule has 61 heavy (non-hydrogen) atoms. The molecular weight excluding hydrogens is 936 g/mol. The Kier molecular flexibility index (Phi) is 15.0. The van der Waals surface area contributed by atoms with Crippen LogP contribution in [0.15, 0.2) is 104 Å². The van der Waals surface area contributed by atoms with Crippen LogP contribution in [0.2, 0.25) is 0 Å². The molecule has 0 saturated carbocycles. The fourth-order valence-corrected chi connectivity index (χ4v) is 7.75. The molecule has 0 amide bonds. The van der Waals surface area contributed by atoms with E-state index in [2.05, 4.69) is 140 Å². The fourth-order valence-electron chi connectivity index (χ4n) is 7.75. The summed E-state index contributed by atoms with van der Waals surface area (Å²) in [4.78, 5) is 18.9. The summed E-state index contributed by atoms with van der Waals surface area (Å²) in [5.41, 5.74) is 12.9. The van der Waals surface area contributed by atoms with Gasteiger partial charge in [0.05, 0.1) is 5.72 Å². The van der Waals surface area contributed by atoms with E-state index >= 15 is 0 Å². The van der Waals surface area contributed by atoms with Crippen LogP contribution in [0.25, 0.3) is 33.6 Å². The molecule has 1 aliphatic rings. The maximum Gasteiger partial charge on any atom is 2.00 e. The third kappa shape index (κ3) is 10.7. The summed E-state index contributed by atoms with van der Waals surface area (Å²) < 4.78 is 13.2. The molecule has 4 aromatic carbocycles. The maximum absolute atomic E-state index is 6.62. The normalized spacial score (nSPS) is 11.7. The van der Waals surface area contributed by atoms with Gasteiger partial charge in [-0.15, -0.1) is 58.7 Å². The van der Waals surface area contributed by atoms with Gasteiger partial charge in [0.25, 0.3) is 0 Å². The van der Waals surface area contributed by atoms with Crippen molar-refractivity contribution in [3.05, 3.63) is 150 Å². The average Bonchev–Trinajstić information content (AvgIpc) is 3.53. The van der Waals surface area contributed by atoms with Gasteiger partial charge < -0.3 is 19.4 Å². The number of rotatable bonds is 13. The van der Waals surface area contributed by atoms with E-state index in [-0.39, 0.29) is 59.4 Å². The molecule has 0 atom stereocenters. The topological polar surface area (TPSA) is 70.0 Å². The number of ether oxygens (including phenoxy) is 2. The van der Waals surface area contributed by atoms with E-state index in [9.17, 15) is 0 Å². The van der Waals surface area contributed by atoms with Crippen LogP contribution in [0.5, 0.6) is 23.0 Å². The van der Waals surface area contributed by atoms with Gasteiger partial charge in [0.1, 0.15) is 0 Å². The largest absolute Gasteiger partial charge is 2.00 e. The minimum Gasteiger partial charge on any atom is -0.503 e. The summed E-state index contributed by atoms with van der Waals surface area (Å²) in [5.74, 6) is 4.05. The quantitative estimate of drug-likeness (QED) is 0.0847. The number of hydrogen-bond acceptors (Lipinski definition) is 6. The van der Waals surface area contributed by atoms with E-state index in [1.807, 2.05) is 30.6 Å². The molecule has 9 heteroatoms. The third-order valence-corrected chi connectivity index (χ3v) is 10.6. The Bertz CT molecular complexity index is 2450. The molecule has 0 unspecified atom stereocenters. The zero-order chi connectivity index (χ0) is 41.2. The van der Waals surface area contributed by atoms with Gasteiger partial charge in [-0.1, -0.05) is 103 Å². The van der Waals surface area contributed by atoms with Crippen molar-refractivity contribution in [3.8, 4) is 56.6 Å².